The number of aromatic nitrogens is 1. The number of rotatable bonds is 9. The number of sulfonamides is 1. The number of unbranched alkanes of at least 4 members (excludes halogenated alkanes) is 1. The van der Waals surface area contributed by atoms with E-state index >= 15 is 0 Å². The first-order valence-electron chi connectivity index (χ1n) is 11.4. The second-order valence-electron chi connectivity index (χ2n) is 8.36. The van der Waals surface area contributed by atoms with Crippen molar-refractivity contribution in [1.29, 1.82) is 0 Å². The quantitative estimate of drug-likeness (QED) is 0.387. The van der Waals surface area contributed by atoms with E-state index in [-0.39, 0.29) is 16.9 Å². The van der Waals surface area contributed by atoms with Crippen LogP contribution in [0.5, 0.6) is 0 Å². The molecule has 7 nitrogen and oxygen atoms in total. The number of benzene rings is 2. The molecule has 0 radical (unpaired) electrons. The minimum absolute atomic E-state index is 0.0635. The molecule has 10 heteroatoms. The van der Waals surface area contributed by atoms with Crippen molar-refractivity contribution in [2.75, 3.05) is 31.6 Å². The second-order valence-corrected chi connectivity index (χ2v) is 11.9. The predicted molar refractivity (Wildman–Crippen MR) is 136 cm³/mol. The molecule has 1 aliphatic heterocycles. The molecular weight excluding hydrogens is 494 g/mol. The molecule has 1 aromatic heterocycles. The van der Waals surface area contributed by atoms with Gasteiger partial charge in [0.25, 0.3) is 5.91 Å². The van der Waals surface area contributed by atoms with Gasteiger partial charge in [-0.15, -0.1) is 0 Å². The SMILES string of the molecule is CCCCN(C)S(=O)(=O)c1ccc(C(=O)N(CC2CCCO2)c2nc3ccc(Cl)cc3s2)cc1. The van der Waals surface area contributed by atoms with Crippen molar-refractivity contribution >= 4 is 54.2 Å². The summed E-state index contributed by atoms with van der Waals surface area (Å²) in [5.74, 6) is -0.246. The molecule has 0 bridgehead atoms. The van der Waals surface area contributed by atoms with E-state index in [0.717, 1.165) is 35.9 Å². The van der Waals surface area contributed by atoms with Crippen LogP contribution in [0.3, 0.4) is 0 Å². The number of hydrogen-bond acceptors (Lipinski definition) is 6. The van der Waals surface area contributed by atoms with E-state index in [9.17, 15) is 13.2 Å². The summed E-state index contributed by atoms with van der Waals surface area (Å²) in [6.07, 6.45) is 3.47. The second kappa shape index (κ2) is 10.7. The Balaban J connectivity index is 1.61. The maximum absolute atomic E-state index is 13.6. The molecule has 2 aromatic carbocycles. The molecule has 182 valence electrons. The fraction of sp³-hybridized carbons (Fsp3) is 0.417. The van der Waals surface area contributed by atoms with Crippen molar-refractivity contribution in [2.24, 2.45) is 0 Å². The van der Waals surface area contributed by atoms with Gasteiger partial charge in [0.05, 0.1) is 27.8 Å². The van der Waals surface area contributed by atoms with Crippen molar-refractivity contribution in [3.8, 4) is 0 Å². The Labute approximate surface area is 209 Å². The van der Waals surface area contributed by atoms with Crippen LogP contribution in [-0.4, -0.2) is 56.5 Å². The van der Waals surface area contributed by atoms with Gasteiger partial charge in [-0.05, 0) is 61.7 Å². The molecule has 1 fully saturated rings. The molecule has 4 rings (SSSR count). The Morgan fingerprint density at radius 2 is 2.00 bits per heavy atom. The third kappa shape index (κ3) is 5.44. The molecule has 0 N–H and O–H groups in total. The van der Waals surface area contributed by atoms with Gasteiger partial charge in [-0.2, -0.15) is 0 Å². The minimum atomic E-state index is -3.60. The zero-order valence-electron chi connectivity index (χ0n) is 19.2. The lowest BCUT2D eigenvalue weighted by Crippen LogP contribution is -2.37. The van der Waals surface area contributed by atoms with Gasteiger partial charge in [0.1, 0.15) is 0 Å². The summed E-state index contributed by atoms with van der Waals surface area (Å²) in [5, 5.41) is 1.18. The normalized spacial score (nSPS) is 16.4. The van der Waals surface area contributed by atoms with Gasteiger partial charge in [0.2, 0.25) is 10.0 Å². The highest BCUT2D eigenvalue weighted by atomic mass is 35.5. The fourth-order valence-electron chi connectivity index (χ4n) is 3.85. The van der Waals surface area contributed by atoms with Gasteiger partial charge in [0, 0.05) is 30.8 Å². The van der Waals surface area contributed by atoms with E-state index in [4.69, 9.17) is 16.3 Å². The molecule has 34 heavy (non-hydrogen) atoms. The molecule has 0 spiro atoms. The third-order valence-corrected chi connectivity index (χ3v) is 9.01. The molecule has 3 aromatic rings. The van der Waals surface area contributed by atoms with Gasteiger partial charge in [0.15, 0.2) is 5.13 Å². The fourth-order valence-corrected chi connectivity index (χ4v) is 6.31. The van der Waals surface area contributed by atoms with Crippen LogP contribution in [0.25, 0.3) is 10.2 Å². The molecule has 2 heterocycles. The summed E-state index contributed by atoms with van der Waals surface area (Å²) < 4.78 is 33.7. The maximum atomic E-state index is 13.6. The van der Waals surface area contributed by atoms with Crippen LogP contribution < -0.4 is 4.90 Å². The standard InChI is InChI=1S/C24H28ClN3O4S2/c1-3-4-13-27(2)34(30,31)20-10-7-17(8-11-20)23(29)28(16-19-6-5-14-32-19)24-26-21-12-9-18(25)15-22(21)33-24/h7-12,15,19H,3-6,13-14,16H2,1-2H3. The molecular formula is C24H28ClN3O4S2. The molecule has 1 unspecified atom stereocenters. The first-order chi connectivity index (χ1) is 16.3. The Hall–Kier alpha value is -2.04. The molecule has 0 aliphatic carbocycles. The number of anilines is 1. The molecule has 1 amide bonds. The third-order valence-electron chi connectivity index (χ3n) is 5.86. The zero-order valence-corrected chi connectivity index (χ0v) is 21.6. The van der Waals surface area contributed by atoms with E-state index in [1.807, 2.05) is 19.1 Å². The lowest BCUT2D eigenvalue weighted by molar-refractivity contribution is 0.0917. The van der Waals surface area contributed by atoms with E-state index in [1.54, 1.807) is 30.1 Å². The maximum Gasteiger partial charge on any atom is 0.260 e. The lowest BCUT2D eigenvalue weighted by Gasteiger charge is -2.23. The minimum Gasteiger partial charge on any atom is -0.376 e. The largest absolute Gasteiger partial charge is 0.376 e. The molecule has 1 saturated heterocycles. The molecule has 0 saturated carbocycles. The van der Waals surface area contributed by atoms with Crippen molar-refractivity contribution in [3.05, 3.63) is 53.1 Å². The van der Waals surface area contributed by atoms with Crippen LogP contribution in [0, 0.1) is 0 Å². The number of nitrogens with zero attached hydrogens (tertiary/aromatic N) is 3. The summed E-state index contributed by atoms with van der Waals surface area (Å²) >= 11 is 7.53. The molecule has 1 atom stereocenters. The lowest BCUT2D eigenvalue weighted by atomic mass is 10.2. The van der Waals surface area contributed by atoms with Gasteiger partial charge >= 0.3 is 0 Å². The number of hydrogen-bond donors (Lipinski definition) is 0. The van der Waals surface area contributed by atoms with Gasteiger partial charge in [-0.25, -0.2) is 17.7 Å². The highest BCUT2D eigenvalue weighted by Gasteiger charge is 2.28. The summed E-state index contributed by atoms with van der Waals surface area (Å²) in [6, 6.07) is 11.6. The number of fused-ring (bicyclic) bond motifs is 1. The van der Waals surface area contributed by atoms with Crippen LogP contribution in [0.2, 0.25) is 5.02 Å². The van der Waals surface area contributed by atoms with Crippen molar-refractivity contribution in [2.45, 2.75) is 43.6 Å². The van der Waals surface area contributed by atoms with Crippen LogP contribution in [-0.2, 0) is 14.8 Å². The van der Waals surface area contributed by atoms with E-state index in [2.05, 4.69) is 4.98 Å². The van der Waals surface area contributed by atoms with Crippen molar-refractivity contribution in [3.63, 3.8) is 0 Å². The van der Waals surface area contributed by atoms with Crippen molar-refractivity contribution in [1.82, 2.24) is 9.29 Å². The average Bonchev–Trinajstić information content (AvgIpc) is 3.49. The predicted octanol–water partition coefficient (Wildman–Crippen LogP) is 5.20. The van der Waals surface area contributed by atoms with Gasteiger partial charge in [-0.1, -0.05) is 36.3 Å². The summed E-state index contributed by atoms with van der Waals surface area (Å²) in [4.78, 5) is 20.0. The highest BCUT2D eigenvalue weighted by Crippen LogP contribution is 2.32. The average molecular weight is 522 g/mol. The van der Waals surface area contributed by atoms with Crippen LogP contribution in [0.1, 0.15) is 43.0 Å². The number of halogens is 1. The van der Waals surface area contributed by atoms with E-state index in [0.29, 0.717) is 35.4 Å². The summed E-state index contributed by atoms with van der Waals surface area (Å²) in [5.41, 5.74) is 1.16. The first-order valence-corrected chi connectivity index (χ1v) is 14.0. The number of carbonyl (C=O) groups excluding carboxylic acids is 1. The van der Waals surface area contributed by atoms with E-state index < -0.39 is 10.0 Å². The Morgan fingerprint density at radius 1 is 1.24 bits per heavy atom. The van der Waals surface area contributed by atoms with Crippen molar-refractivity contribution < 1.29 is 17.9 Å². The highest BCUT2D eigenvalue weighted by molar-refractivity contribution is 7.89. The topological polar surface area (TPSA) is 79.8 Å². The first kappa shape index (κ1) is 25.1. The summed E-state index contributed by atoms with van der Waals surface area (Å²) in [6.45, 7) is 3.53. The zero-order chi connectivity index (χ0) is 24.3. The molecule has 1 aliphatic rings. The number of thiazole rings is 1. The Kier molecular flexibility index (Phi) is 7.89. The van der Waals surface area contributed by atoms with Crippen LogP contribution in [0.4, 0.5) is 5.13 Å². The van der Waals surface area contributed by atoms with Crippen LogP contribution >= 0.6 is 22.9 Å². The number of amides is 1. The monoisotopic (exact) mass is 521 g/mol. The summed E-state index contributed by atoms with van der Waals surface area (Å²) in [7, 11) is -2.02. The Bertz CT molecular complexity index is 1250. The Morgan fingerprint density at radius 3 is 2.68 bits per heavy atom. The smallest absolute Gasteiger partial charge is 0.260 e. The van der Waals surface area contributed by atoms with Gasteiger partial charge in [-0.3, -0.25) is 9.69 Å². The van der Waals surface area contributed by atoms with Gasteiger partial charge < -0.3 is 4.74 Å². The number of ether oxygens (including phenoxy) is 1. The number of carbonyl (C=O) groups is 1. The van der Waals surface area contributed by atoms with E-state index in [1.165, 1.54) is 27.8 Å². The van der Waals surface area contributed by atoms with Crippen LogP contribution in [0.15, 0.2) is 47.4 Å².